The molecule has 17 heavy (non-hydrogen) atoms. The second-order valence-electron chi connectivity index (χ2n) is 3.39. The minimum absolute atomic E-state index is 0.131. The van der Waals surface area contributed by atoms with Gasteiger partial charge in [-0.1, -0.05) is 15.9 Å². The molecule has 0 radical (unpaired) electrons. The molecule has 1 amide bonds. The summed E-state index contributed by atoms with van der Waals surface area (Å²) in [7, 11) is 1.59. The zero-order valence-electron chi connectivity index (χ0n) is 9.50. The van der Waals surface area contributed by atoms with Gasteiger partial charge in [-0.3, -0.25) is 4.79 Å². The van der Waals surface area contributed by atoms with E-state index in [1.807, 2.05) is 24.3 Å². The third-order valence-electron chi connectivity index (χ3n) is 2.18. The fourth-order valence-electron chi connectivity index (χ4n) is 1.34. The van der Waals surface area contributed by atoms with Gasteiger partial charge in [0, 0.05) is 29.4 Å². The third-order valence-corrected chi connectivity index (χ3v) is 2.68. The predicted molar refractivity (Wildman–Crippen MR) is 67.4 cm³/mol. The quantitative estimate of drug-likeness (QED) is 0.907. The van der Waals surface area contributed by atoms with Gasteiger partial charge in [-0.2, -0.15) is 5.26 Å². The second kappa shape index (κ2) is 6.92. The van der Waals surface area contributed by atoms with E-state index in [4.69, 9.17) is 10.00 Å². The molecule has 1 N–H and O–H groups in total. The smallest absolute Gasteiger partial charge is 0.221 e. The number of amides is 1. The highest BCUT2D eigenvalue weighted by Crippen LogP contribution is 2.22. The zero-order chi connectivity index (χ0) is 12.7. The molecule has 0 spiro atoms. The molecule has 0 aliphatic heterocycles. The van der Waals surface area contributed by atoms with Gasteiger partial charge >= 0.3 is 0 Å². The summed E-state index contributed by atoms with van der Waals surface area (Å²) in [5, 5.41) is 11.1. The molecule has 0 heterocycles. The molecular weight excluding hydrogens is 284 g/mol. The maximum Gasteiger partial charge on any atom is 0.221 e. The van der Waals surface area contributed by atoms with Crippen LogP contribution in [0.4, 0.5) is 0 Å². The van der Waals surface area contributed by atoms with E-state index in [1.165, 1.54) is 0 Å². The van der Waals surface area contributed by atoms with Crippen LogP contribution in [-0.2, 0) is 11.3 Å². The molecule has 1 rings (SSSR count). The largest absolute Gasteiger partial charge is 0.496 e. The van der Waals surface area contributed by atoms with E-state index in [-0.39, 0.29) is 18.7 Å². The number of carbonyl (C=O) groups excluding carboxylic acids is 1. The van der Waals surface area contributed by atoms with Crippen LogP contribution in [0.15, 0.2) is 22.7 Å². The number of carbonyl (C=O) groups is 1. The Balaban J connectivity index is 2.59. The lowest BCUT2D eigenvalue weighted by Gasteiger charge is -2.09. The van der Waals surface area contributed by atoms with Crippen LogP contribution in [0.3, 0.4) is 0 Å². The number of benzene rings is 1. The van der Waals surface area contributed by atoms with E-state index in [2.05, 4.69) is 21.2 Å². The van der Waals surface area contributed by atoms with E-state index < -0.39 is 0 Å². The van der Waals surface area contributed by atoms with Crippen molar-refractivity contribution < 1.29 is 9.53 Å². The summed E-state index contributed by atoms with van der Waals surface area (Å²) in [6.45, 7) is 0.396. The first-order chi connectivity index (χ1) is 8.17. The van der Waals surface area contributed by atoms with Crippen molar-refractivity contribution in [3.05, 3.63) is 28.2 Å². The van der Waals surface area contributed by atoms with Gasteiger partial charge in [0.05, 0.1) is 13.2 Å². The van der Waals surface area contributed by atoms with Gasteiger partial charge in [0.25, 0.3) is 0 Å². The number of ether oxygens (including phenoxy) is 1. The van der Waals surface area contributed by atoms with Crippen LogP contribution in [0.1, 0.15) is 18.4 Å². The normalized spacial score (nSPS) is 9.47. The van der Waals surface area contributed by atoms with E-state index in [1.54, 1.807) is 7.11 Å². The zero-order valence-corrected chi connectivity index (χ0v) is 11.1. The minimum Gasteiger partial charge on any atom is -0.496 e. The van der Waals surface area contributed by atoms with Crippen molar-refractivity contribution in [2.24, 2.45) is 0 Å². The number of hydrogen-bond donors (Lipinski definition) is 1. The Morgan fingerprint density at radius 3 is 3.00 bits per heavy atom. The molecule has 0 saturated heterocycles. The van der Waals surface area contributed by atoms with Crippen LogP contribution in [-0.4, -0.2) is 13.0 Å². The summed E-state index contributed by atoms with van der Waals surface area (Å²) in [6.07, 6.45) is 0.467. The number of halogens is 1. The lowest BCUT2D eigenvalue weighted by atomic mass is 10.2. The van der Waals surface area contributed by atoms with Gasteiger partial charge in [0.15, 0.2) is 0 Å². The molecule has 1 aromatic carbocycles. The van der Waals surface area contributed by atoms with E-state index in [0.29, 0.717) is 6.54 Å². The van der Waals surface area contributed by atoms with Crippen LogP contribution in [0, 0.1) is 11.3 Å². The number of rotatable bonds is 5. The van der Waals surface area contributed by atoms with Crippen LogP contribution >= 0.6 is 15.9 Å². The molecule has 0 saturated carbocycles. The molecule has 0 atom stereocenters. The van der Waals surface area contributed by atoms with Crippen molar-refractivity contribution in [3.8, 4) is 11.8 Å². The Labute approximate surface area is 109 Å². The lowest BCUT2D eigenvalue weighted by molar-refractivity contribution is -0.121. The molecule has 0 aliphatic carbocycles. The first kappa shape index (κ1) is 13.5. The molecule has 4 nitrogen and oxygen atoms in total. The first-order valence-corrected chi connectivity index (χ1v) is 5.92. The number of hydrogen-bond acceptors (Lipinski definition) is 3. The van der Waals surface area contributed by atoms with Gasteiger partial charge in [0.2, 0.25) is 5.91 Å². The van der Waals surface area contributed by atoms with Crippen molar-refractivity contribution in [3.63, 3.8) is 0 Å². The Hall–Kier alpha value is -1.54. The van der Waals surface area contributed by atoms with Gasteiger partial charge in [-0.25, -0.2) is 0 Å². The summed E-state index contributed by atoms with van der Waals surface area (Å²) < 4.78 is 6.12. The van der Waals surface area contributed by atoms with Crippen molar-refractivity contribution >= 4 is 21.8 Å². The second-order valence-corrected chi connectivity index (χ2v) is 4.31. The highest BCUT2D eigenvalue weighted by atomic mass is 79.9. The molecular formula is C12H13BrN2O2. The van der Waals surface area contributed by atoms with Crippen LogP contribution in [0.25, 0.3) is 0 Å². The van der Waals surface area contributed by atoms with Crippen LogP contribution < -0.4 is 10.1 Å². The van der Waals surface area contributed by atoms with Crippen molar-refractivity contribution in [2.45, 2.75) is 19.4 Å². The topological polar surface area (TPSA) is 62.1 Å². The molecule has 0 fully saturated rings. The number of nitriles is 1. The third kappa shape index (κ3) is 4.45. The number of nitrogens with one attached hydrogen (secondary N) is 1. The van der Waals surface area contributed by atoms with E-state index in [9.17, 15) is 4.79 Å². The highest BCUT2D eigenvalue weighted by Gasteiger charge is 2.06. The van der Waals surface area contributed by atoms with Gasteiger partial charge in [0.1, 0.15) is 5.75 Å². The van der Waals surface area contributed by atoms with Gasteiger partial charge < -0.3 is 10.1 Å². The Bertz CT molecular complexity index is 441. The first-order valence-electron chi connectivity index (χ1n) is 5.13. The molecule has 90 valence electrons. The lowest BCUT2D eigenvalue weighted by Crippen LogP contribution is -2.22. The van der Waals surface area contributed by atoms with E-state index in [0.717, 1.165) is 15.8 Å². The highest BCUT2D eigenvalue weighted by molar-refractivity contribution is 9.10. The Kier molecular flexibility index (Phi) is 5.50. The monoisotopic (exact) mass is 296 g/mol. The van der Waals surface area contributed by atoms with Gasteiger partial charge in [-0.05, 0) is 18.2 Å². The predicted octanol–water partition coefficient (Wildman–Crippen LogP) is 2.38. The summed E-state index contributed by atoms with van der Waals surface area (Å²) >= 11 is 3.36. The average molecular weight is 297 g/mol. The average Bonchev–Trinajstić information content (AvgIpc) is 2.34. The van der Waals surface area contributed by atoms with Crippen molar-refractivity contribution in [1.29, 1.82) is 5.26 Å². The fraction of sp³-hybridized carbons (Fsp3) is 0.333. The Morgan fingerprint density at radius 2 is 2.35 bits per heavy atom. The number of nitrogens with zero attached hydrogens (tertiary/aromatic N) is 1. The summed E-state index contributed by atoms with van der Waals surface area (Å²) in [5.74, 6) is 0.599. The Morgan fingerprint density at radius 1 is 1.59 bits per heavy atom. The van der Waals surface area contributed by atoms with Crippen molar-refractivity contribution in [1.82, 2.24) is 5.32 Å². The summed E-state index contributed by atoms with van der Waals surface area (Å²) in [4.78, 5) is 11.3. The van der Waals surface area contributed by atoms with Crippen LogP contribution in [0.5, 0.6) is 5.75 Å². The fourth-order valence-corrected chi connectivity index (χ4v) is 1.75. The van der Waals surface area contributed by atoms with Gasteiger partial charge in [-0.15, -0.1) is 0 Å². The van der Waals surface area contributed by atoms with E-state index >= 15 is 0 Å². The molecule has 0 aromatic heterocycles. The summed E-state index contributed by atoms with van der Waals surface area (Å²) in [6, 6.07) is 7.54. The molecule has 1 aromatic rings. The molecule has 0 bridgehead atoms. The SMILES string of the molecule is COc1ccc(Br)cc1CNC(=O)CCC#N. The molecule has 5 heteroatoms. The van der Waals surface area contributed by atoms with Crippen LogP contribution in [0.2, 0.25) is 0 Å². The maximum atomic E-state index is 11.3. The molecule has 0 unspecified atom stereocenters. The van der Waals surface area contributed by atoms with Crippen molar-refractivity contribution in [2.75, 3.05) is 7.11 Å². The minimum atomic E-state index is -0.131. The summed E-state index contributed by atoms with van der Waals surface area (Å²) in [5.41, 5.74) is 0.896. The number of methoxy groups -OCH3 is 1. The maximum absolute atomic E-state index is 11.3. The molecule has 0 aliphatic rings. The standard InChI is InChI=1S/C12H13BrN2O2/c1-17-11-5-4-10(13)7-9(11)8-15-12(16)3-2-6-14/h4-5,7H,2-3,8H2,1H3,(H,15,16).